The van der Waals surface area contributed by atoms with Gasteiger partial charge >= 0.3 is 0 Å². The Morgan fingerprint density at radius 3 is 2.80 bits per heavy atom. The topological polar surface area (TPSA) is 16.1 Å². The molecule has 1 aromatic carbocycles. The first-order valence-electron chi connectivity index (χ1n) is 7.53. The van der Waals surface area contributed by atoms with E-state index in [4.69, 9.17) is 0 Å². The number of aryl methyl sites for hydroxylation is 1. The molecule has 1 aromatic heterocycles. The van der Waals surface area contributed by atoms with Gasteiger partial charge in [0.05, 0.1) is 11.7 Å². The Hall–Kier alpha value is -1.67. The van der Waals surface area contributed by atoms with E-state index in [2.05, 4.69) is 59.3 Å². The maximum Gasteiger partial charge on any atom is 0.0578 e. The lowest BCUT2D eigenvalue weighted by Gasteiger charge is -2.35. The summed E-state index contributed by atoms with van der Waals surface area (Å²) in [6.07, 6.45) is 5.78. The third kappa shape index (κ3) is 3.07. The van der Waals surface area contributed by atoms with E-state index >= 15 is 0 Å². The van der Waals surface area contributed by atoms with E-state index in [1.807, 2.05) is 6.20 Å². The molecule has 2 nitrogen and oxygen atoms in total. The van der Waals surface area contributed by atoms with Crippen LogP contribution in [0, 0.1) is 6.92 Å². The molecule has 0 radical (unpaired) electrons. The summed E-state index contributed by atoms with van der Waals surface area (Å²) >= 11 is 0. The van der Waals surface area contributed by atoms with Gasteiger partial charge in [0.1, 0.15) is 0 Å². The molecule has 20 heavy (non-hydrogen) atoms. The van der Waals surface area contributed by atoms with Crippen molar-refractivity contribution in [1.29, 1.82) is 0 Å². The van der Waals surface area contributed by atoms with Gasteiger partial charge in [0.25, 0.3) is 0 Å². The van der Waals surface area contributed by atoms with Crippen LogP contribution in [-0.4, -0.2) is 16.4 Å². The molecule has 0 amide bonds. The first-order chi connectivity index (χ1) is 9.83. The zero-order valence-electron chi connectivity index (χ0n) is 12.1. The molecular weight excluding hydrogens is 244 g/mol. The Kier molecular flexibility index (Phi) is 4.12. The Bertz CT molecular complexity index is 550. The summed E-state index contributed by atoms with van der Waals surface area (Å²) in [6.45, 7) is 4.35. The molecule has 0 spiro atoms. The van der Waals surface area contributed by atoms with Crippen LogP contribution in [0.5, 0.6) is 0 Å². The van der Waals surface area contributed by atoms with Crippen LogP contribution in [0.15, 0.2) is 48.7 Å². The quantitative estimate of drug-likeness (QED) is 0.831. The smallest absolute Gasteiger partial charge is 0.0578 e. The first-order valence-corrected chi connectivity index (χ1v) is 7.53. The Labute approximate surface area is 121 Å². The molecule has 2 heteroatoms. The number of likely N-dealkylation sites (tertiary alicyclic amines) is 1. The molecule has 0 unspecified atom stereocenters. The highest BCUT2D eigenvalue weighted by molar-refractivity contribution is 5.19. The van der Waals surface area contributed by atoms with Crippen molar-refractivity contribution in [3.63, 3.8) is 0 Å². The van der Waals surface area contributed by atoms with Gasteiger partial charge in [-0.3, -0.25) is 9.88 Å². The van der Waals surface area contributed by atoms with Crippen molar-refractivity contribution in [2.45, 2.75) is 38.8 Å². The average molecular weight is 266 g/mol. The lowest BCUT2D eigenvalue weighted by atomic mass is 9.97. The highest BCUT2D eigenvalue weighted by Gasteiger charge is 2.24. The number of aromatic nitrogens is 1. The van der Waals surface area contributed by atoms with E-state index in [0.29, 0.717) is 6.04 Å². The van der Waals surface area contributed by atoms with Gasteiger partial charge < -0.3 is 0 Å². The average Bonchev–Trinajstić information content (AvgIpc) is 2.49. The van der Waals surface area contributed by atoms with Gasteiger partial charge in [-0.2, -0.15) is 0 Å². The molecule has 0 bridgehead atoms. The van der Waals surface area contributed by atoms with Gasteiger partial charge in [-0.25, -0.2) is 0 Å². The fourth-order valence-electron chi connectivity index (χ4n) is 3.07. The number of pyridine rings is 1. The molecule has 1 fully saturated rings. The highest BCUT2D eigenvalue weighted by atomic mass is 15.2. The fraction of sp³-hybridized carbons (Fsp3) is 0.389. The molecule has 0 N–H and O–H groups in total. The summed E-state index contributed by atoms with van der Waals surface area (Å²) in [5, 5.41) is 0. The lowest BCUT2D eigenvalue weighted by molar-refractivity contribution is 0.137. The van der Waals surface area contributed by atoms with Gasteiger partial charge in [0, 0.05) is 12.7 Å². The number of rotatable bonds is 3. The SMILES string of the molecule is Cc1ccnc([C@@H]2CCCCN2Cc2ccccc2)c1. The standard InChI is InChI=1S/C18H22N2/c1-15-10-11-19-17(13-15)18-9-5-6-12-20(18)14-16-7-3-2-4-8-16/h2-4,7-8,10-11,13,18H,5-6,9,12,14H2,1H3/t18-/m0/s1. The van der Waals surface area contributed by atoms with Crippen LogP contribution in [-0.2, 0) is 6.54 Å². The minimum atomic E-state index is 0.476. The molecule has 1 saturated heterocycles. The van der Waals surface area contributed by atoms with Crippen LogP contribution in [0.25, 0.3) is 0 Å². The maximum atomic E-state index is 4.61. The molecule has 0 aliphatic carbocycles. The number of hydrogen-bond donors (Lipinski definition) is 0. The lowest BCUT2D eigenvalue weighted by Crippen LogP contribution is -2.33. The van der Waals surface area contributed by atoms with Gasteiger partial charge in [0.15, 0.2) is 0 Å². The Morgan fingerprint density at radius 2 is 2.00 bits per heavy atom. The number of piperidine rings is 1. The van der Waals surface area contributed by atoms with E-state index in [0.717, 1.165) is 6.54 Å². The van der Waals surface area contributed by atoms with Crippen LogP contribution in [0.2, 0.25) is 0 Å². The predicted molar refractivity (Wildman–Crippen MR) is 82.4 cm³/mol. The van der Waals surface area contributed by atoms with Crippen molar-refractivity contribution >= 4 is 0 Å². The van der Waals surface area contributed by atoms with E-state index < -0.39 is 0 Å². The Balaban J connectivity index is 1.80. The van der Waals surface area contributed by atoms with E-state index in [-0.39, 0.29) is 0 Å². The largest absolute Gasteiger partial charge is 0.291 e. The summed E-state index contributed by atoms with van der Waals surface area (Å²) in [5.74, 6) is 0. The van der Waals surface area contributed by atoms with Crippen molar-refractivity contribution in [3.8, 4) is 0 Å². The Morgan fingerprint density at radius 1 is 1.15 bits per heavy atom. The normalized spacial score (nSPS) is 19.9. The summed E-state index contributed by atoms with van der Waals surface area (Å²) in [6, 6.07) is 15.6. The molecule has 2 heterocycles. The van der Waals surface area contributed by atoms with Crippen LogP contribution in [0.3, 0.4) is 0 Å². The summed E-state index contributed by atoms with van der Waals surface area (Å²) < 4.78 is 0. The van der Waals surface area contributed by atoms with Gasteiger partial charge in [0.2, 0.25) is 0 Å². The highest BCUT2D eigenvalue weighted by Crippen LogP contribution is 2.31. The van der Waals surface area contributed by atoms with Crippen LogP contribution in [0.4, 0.5) is 0 Å². The molecule has 3 rings (SSSR count). The van der Waals surface area contributed by atoms with Crippen molar-refractivity contribution in [3.05, 3.63) is 65.5 Å². The number of hydrogen-bond acceptors (Lipinski definition) is 2. The summed E-state index contributed by atoms with van der Waals surface area (Å²) in [7, 11) is 0. The van der Waals surface area contributed by atoms with Crippen molar-refractivity contribution in [2.24, 2.45) is 0 Å². The molecular formula is C18H22N2. The van der Waals surface area contributed by atoms with E-state index in [1.54, 1.807) is 0 Å². The van der Waals surface area contributed by atoms with Gasteiger partial charge in [-0.15, -0.1) is 0 Å². The monoisotopic (exact) mass is 266 g/mol. The van der Waals surface area contributed by atoms with Crippen LogP contribution < -0.4 is 0 Å². The van der Waals surface area contributed by atoms with Crippen molar-refractivity contribution in [2.75, 3.05) is 6.54 Å². The van der Waals surface area contributed by atoms with Crippen LogP contribution in [0.1, 0.15) is 42.1 Å². The van der Waals surface area contributed by atoms with Gasteiger partial charge in [-0.1, -0.05) is 36.8 Å². The minimum Gasteiger partial charge on any atom is -0.291 e. The van der Waals surface area contributed by atoms with E-state index in [9.17, 15) is 0 Å². The molecule has 0 saturated carbocycles. The number of nitrogens with zero attached hydrogens (tertiary/aromatic N) is 2. The van der Waals surface area contributed by atoms with Crippen molar-refractivity contribution in [1.82, 2.24) is 9.88 Å². The molecule has 2 aromatic rings. The second-order valence-corrected chi connectivity index (χ2v) is 5.73. The van der Waals surface area contributed by atoms with Crippen molar-refractivity contribution < 1.29 is 0 Å². The summed E-state index contributed by atoms with van der Waals surface area (Å²) in [4.78, 5) is 7.20. The third-order valence-corrected chi connectivity index (χ3v) is 4.12. The fourth-order valence-corrected chi connectivity index (χ4v) is 3.07. The number of benzene rings is 1. The molecule has 1 aliphatic rings. The maximum absolute atomic E-state index is 4.61. The minimum absolute atomic E-state index is 0.476. The third-order valence-electron chi connectivity index (χ3n) is 4.12. The molecule has 104 valence electrons. The van der Waals surface area contributed by atoms with E-state index in [1.165, 1.54) is 42.6 Å². The summed E-state index contributed by atoms with van der Waals surface area (Å²) in [5.41, 5.74) is 3.94. The molecule has 1 atom stereocenters. The predicted octanol–water partition coefficient (Wildman–Crippen LogP) is 4.12. The molecule has 1 aliphatic heterocycles. The zero-order chi connectivity index (χ0) is 13.8. The van der Waals surface area contributed by atoms with Crippen LogP contribution >= 0.6 is 0 Å². The zero-order valence-corrected chi connectivity index (χ0v) is 12.1. The first kappa shape index (κ1) is 13.3. The second-order valence-electron chi connectivity index (χ2n) is 5.73. The van der Waals surface area contributed by atoms with Gasteiger partial charge in [-0.05, 0) is 49.6 Å². The second kappa shape index (κ2) is 6.19.